The maximum Gasteiger partial charge on any atom is 0.330 e. The summed E-state index contributed by atoms with van der Waals surface area (Å²) in [6, 6.07) is 0. The minimum atomic E-state index is -0.283. The standard InChI is InChI=1S/C7H11BrO2/c1-6(2)10-7(9)4-3-5-8/h3-4,6H,5H2,1-2H3/b4-3+. The van der Waals surface area contributed by atoms with E-state index < -0.39 is 0 Å². The molecule has 0 aromatic heterocycles. The number of carbonyl (C=O) groups excluding carboxylic acids is 1. The van der Waals surface area contributed by atoms with Gasteiger partial charge in [0.15, 0.2) is 0 Å². The van der Waals surface area contributed by atoms with E-state index in [0.717, 1.165) is 0 Å². The van der Waals surface area contributed by atoms with Gasteiger partial charge < -0.3 is 4.74 Å². The summed E-state index contributed by atoms with van der Waals surface area (Å²) in [5.41, 5.74) is 0. The van der Waals surface area contributed by atoms with Crippen molar-refractivity contribution in [2.75, 3.05) is 5.33 Å². The molecule has 0 aliphatic heterocycles. The molecule has 0 aromatic rings. The van der Waals surface area contributed by atoms with E-state index in [9.17, 15) is 4.79 Å². The molecule has 0 unspecified atom stereocenters. The second-order valence-electron chi connectivity index (χ2n) is 2.04. The molecule has 10 heavy (non-hydrogen) atoms. The highest BCUT2D eigenvalue weighted by Gasteiger charge is 1.97. The minimum absolute atomic E-state index is 0.0347. The molecule has 0 spiro atoms. The third-order valence-corrected chi connectivity index (χ3v) is 1.07. The van der Waals surface area contributed by atoms with E-state index in [1.807, 2.05) is 13.8 Å². The zero-order chi connectivity index (χ0) is 7.98. The number of allylic oxidation sites excluding steroid dienone is 1. The summed E-state index contributed by atoms with van der Waals surface area (Å²) in [5.74, 6) is -0.283. The number of hydrogen-bond acceptors (Lipinski definition) is 2. The smallest absolute Gasteiger partial charge is 0.330 e. The number of halogens is 1. The van der Waals surface area contributed by atoms with Crippen LogP contribution < -0.4 is 0 Å². The van der Waals surface area contributed by atoms with Gasteiger partial charge in [-0.15, -0.1) is 0 Å². The minimum Gasteiger partial charge on any atom is -0.460 e. The molecule has 0 bridgehead atoms. The second-order valence-corrected chi connectivity index (χ2v) is 2.69. The Bertz CT molecular complexity index is 130. The number of alkyl halides is 1. The van der Waals surface area contributed by atoms with Gasteiger partial charge >= 0.3 is 5.97 Å². The first-order chi connectivity index (χ1) is 4.66. The lowest BCUT2D eigenvalue weighted by Gasteiger charge is -2.03. The Morgan fingerprint density at radius 1 is 1.70 bits per heavy atom. The highest BCUT2D eigenvalue weighted by molar-refractivity contribution is 9.09. The monoisotopic (exact) mass is 206 g/mol. The first-order valence-corrected chi connectivity index (χ1v) is 4.22. The molecule has 3 heteroatoms. The van der Waals surface area contributed by atoms with Crippen LogP contribution in [0.2, 0.25) is 0 Å². The van der Waals surface area contributed by atoms with E-state index in [2.05, 4.69) is 15.9 Å². The van der Waals surface area contributed by atoms with Gasteiger partial charge in [-0.2, -0.15) is 0 Å². The SMILES string of the molecule is CC(C)OC(=O)/C=C/CBr. The Morgan fingerprint density at radius 2 is 2.30 bits per heavy atom. The lowest BCUT2D eigenvalue weighted by Crippen LogP contribution is -2.08. The van der Waals surface area contributed by atoms with E-state index >= 15 is 0 Å². The van der Waals surface area contributed by atoms with E-state index in [1.54, 1.807) is 6.08 Å². The highest BCUT2D eigenvalue weighted by atomic mass is 79.9. The molecule has 0 heterocycles. The van der Waals surface area contributed by atoms with Crippen molar-refractivity contribution >= 4 is 21.9 Å². The lowest BCUT2D eigenvalue weighted by atomic mass is 10.4. The third-order valence-electron chi connectivity index (χ3n) is 0.695. The predicted octanol–water partition coefficient (Wildman–Crippen LogP) is 1.89. The van der Waals surface area contributed by atoms with Crippen LogP contribution in [0.1, 0.15) is 13.8 Å². The van der Waals surface area contributed by atoms with Crippen LogP contribution in [0.5, 0.6) is 0 Å². The number of esters is 1. The third kappa shape index (κ3) is 5.82. The number of carbonyl (C=O) groups is 1. The van der Waals surface area contributed by atoms with Gasteiger partial charge in [0.2, 0.25) is 0 Å². The Kier molecular flexibility index (Phi) is 5.30. The Morgan fingerprint density at radius 3 is 2.70 bits per heavy atom. The first kappa shape index (κ1) is 9.69. The molecule has 0 atom stereocenters. The van der Waals surface area contributed by atoms with Crippen LogP contribution in [0.25, 0.3) is 0 Å². The van der Waals surface area contributed by atoms with Gasteiger partial charge in [0.05, 0.1) is 6.10 Å². The van der Waals surface area contributed by atoms with E-state index in [4.69, 9.17) is 4.74 Å². The number of hydrogen-bond donors (Lipinski definition) is 0. The number of rotatable bonds is 3. The van der Waals surface area contributed by atoms with Crippen molar-refractivity contribution in [2.24, 2.45) is 0 Å². The van der Waals surface area contributed by atoms with Gasteiger partial charge in [-0.1, -0.05) is 22.0 Å². The number of ether oxygens (including phenoxy) is 1. The van der Waals surface area contributed by atoms with Crippen LogP contribution >= 0.6 is 15.9 Å². The van der Waals surface area contributed by atoms with Crippen molar-refractivity contribution in [3.8, 4) is 0 Å². The average Bonchev–Trinajstić information content (AvgIpc) is 1.82. The van der Waals surface area contributed by atoms with Crippen molar-refractivity contribution in [2.45, 2.75) is 20.0 Å². The van der Waals surface area contributed by atoms with E-state index in [1.165, 1.54) is 6.08 Å². The lowest BCUT2D eigenvalue weighted by molar-refractivity contribution is -0.141. The van der Waals surface area contributed by atoms with Crippen LogP contribution in [-0.2, 0) is 9.53 Å². The summed E-state index contributed by atoms with van der Waals surface area (Å²) in [6.07, 6.45) is 3.08. The topological polar surface area (TPSA) is 26.3 Å². The molecule has 2 nitrogen and oxygen atoms in total. The van der Waals surface area contributed by atoms with Gasteiger partial charge in [0.25, 0.3) is 0 Å². The normalized spacial score (nSPS) is 10.8. The molecule has 0 aliphatic carbocycles. The van der Waals surface area contributed by atoms with Gasteiger partial charge in [0.1, 0.15) is 0 Å². The Balaban J connectivity index is 3.54. The summed E-state index contributed by atoms with van der Waals surface area (Å²) in [5, 5.41) is 0.681. The summed E-state index contributed by atoms with van der Waals surface area (Å²) < 4.78 is 4.81. The van der Waals surface area contributed by atoms with Crippen molar-refractivity contribution in [3.05, 3.63) is 12.2 Å². The van der Waals surface area contributed by atoms with Crippen molar-refractivity contribution < 1.29 is 9.53 Å². The fraction of sp³-hybridized carbons (Fsp3) is 0.571. The average molecular weight is 207 g/mol. The second kappa shape index (κ2) is 5.47. The molecule has 0 fully saturated rings. The molecule has 58 valence electrons. The quantitative estimate of drug-likeness (QED) is 0.401. The van der Waals surface area contributed by atoms with Gasteiger partial charge in [-0.3, -0.25) is 0 Å². The molecular weight excluding hydrogens is 196 g/mol. The largest absolute Gasteiger partial charge is 0.460 e. The Hall–Kier alpha value is -0.310. The fourth-order valence-corrected chi connectivity index (χ4v) is 0.599. The summed E-state index contributed by atoms with van der Waals surface area (Å²) in [7, 11) is 0. The van der Waals surface area contributed by atoms with Crippen LogP contribution in [0.15, 0.2) is 12.2 Å². The van der Waals surface area contributed by atoms with Crippen LogP contribution in [0, 0.1) is 0 Å². The zero-order valence-electron chi connectivity index (χ0n) is 6.13. The zero-order valence-corrected chi connectivity index (χ0v) is 7.72. The Labute approximate surface area is 69.4 Å². The van der Waals surface area contributed by atoms with Crippen LogP contribution in [0.4, 0.5) is 0 Å². The van der Waals surface area contributed by atoms with Crippen LogP contribution in [-0.4, -0.2) is 17.4 Å². The summed E-state index contributed by atoms with van der Waals surface area (Å²) >= 11 is 3.15. The molecule has 0 aliphatic rings. The highest BCUT2D eigenvalue weighted by Crippen LogP contribution is 1.90. The molecule has 0 saturated heterocycles. The van der Waals surface area contributed by atoms with E-state index in [-0.39, 0.29) is 12.1 Å². The molecule has 0 radical (unpaired) electrons. The molecule has 0 aromatic carbocycles. The maximum atomic E-state index is 10.7. The molecule has 0 amide bonds. The first-order valence-electron chi connectivity index (χ1n) is 3.10. The fourth-order valence-electron chi connectivity index (χ4n) is 0.412. The summed E-state index contributed by atoms with van der Waals surface area (Å²) in [4.78, 5) is 10.7. The van der Waals surface area contributed by atoms with Gasteiger partial charge in [-0.05, 0) is 13.8 Å². The van der Waals surface area contributed by atoms with Crippen molar-refractivity contribution in [1.82, 2.24) is 0 Å². The van der Waals surface area contributed by atoms with Gasteiger partial charge in [-0.25, -0.2) is 4.79 Å². The molecule has 0 rings (SSSR count). The van der Waals surface area contributed by atoms with Crippen molar-refractivity contribution in [1.29, 1.82) is 0 Å². The van der Waals surface area contributed by atoms with Gasteiger partial charge in [0, 0.05) is 11.4 Å². The maximum absolute atomic E-state index is 10.7. The van der Waals surface area contributed by atoms with Crippen LogP contribution in [0.3, 0.4) is 0 Å². The molecule has 0 saturated carbocycles. The van der Waals surface area contributed by atoms with E-state index in [0.29, 0.717) is 5.33 Å². The van der Waals surface area contributed by atoms with Crippen molar-refractivity contribution in [3.63, 3.8) is 0 Å². The molecule has 0 N–H and O–H groups in total. The molecular formula is C7H11BrO2. The predicted molar refractivity (Wildman–Crippen MR) is 44.2 cm³/mol. The summed E-state index contributed by atoms with van der Waals surface area (Å²) in [6.45, 7) is 3.64.